The molecule has 0 amide bonds. The largest absolute Gasteiger partial charge is 0.493 e. The summed E-state index contributed by atoms with van der Waals surface area (Å²) in [7, 11) is 0. The average molecular weight is 282 g/mol. The molecule has 0 aliphatic carbocycles. The van der Waals surface area contributed by atoms with Gasteiger partial charge < -0.3 is 4.74 Å². The maximum absolute atomic E-state index is 13.0. The normalized spacial score (nSPS) is 12.4. The molecule has 0 fully saturated rings. The Morgan fingerprint density at radius 3 is 2.26 bits per heavy atom. The number of carbonyl (C=O) groups excluding carboxylic acids is 1. The number of Topliss-reactive ketones (excluding diaryl/α,β-unsaturated/α-hetero) is 1. The molecule has 0 heterocycles. The second-order valence-electron chi connectivity index (χ2n) is 3.83. The monoisotopic (exact) mass is 282 g/mol. The Kier molecular flexibility index (Phi) is 4.17. The van der Waals surface area contributed by atoms with E-state index in [9.17, 15) is 26.7 Å². The summed E-state index contributed by atoms with van der Waals surface area (Å²) in [6.45, 7) is 3.04. The Bertz CT molecular complexity index is 479. The molecule has 0 N–H and O–H groups in total. The molecular weight excluding hydrogens is 271 g/mol. The smallest absolute Gasteiger partial charge is 0.461 e. The molecule has 1 rings (SSSR count). The van der Waals surface area contributed by atoms with Crippen molar-refractivity contribution in [3.8, 4) is 5.75 Å². The van der Waals surface area contributed by atoms with Gasteiger partial charge in [0.05, 0.1) is 12.2 Å². The zero-order valence-corrected chi connectivity index (χ0v) is 10.1. The predicted molar refractivity (Wildman–Crippen MR) is 57.7 cm³/mol. The van der Waals surface area contributed by atoms with Crippen molar-refractivity contribution in [2.24, 2.45) is 0 Å². The molecule has 0 aliphatic heterocycles. The molecule has 0 unspecified atom stereocenters. The van der Waals surface area contributed by atoms with Gasteiger partial charge in [0, 0.05) is 0 Å². The summed E-state index contributed by atoms with van der Waals surface area (Å²) < 4.78 is 67.5. The second kappa shape index (κ2) is 5.14. The van der Waals surface area contributed by atoms with Crippen LogP contribution in [-0.4, -0.2) is 24.5 Å². The highest BCUT2D eigenvalue weighted by Crippen LogP contribution is 2.39. The van der Waals surface area contributed by atoms with Crippen LogP contribution in [0.4, 0.5) is 22.0 Å². The first-order valence-electron chi connectivity index (χ1n) is 5.34. The third-order valence-electron chi connectivity index (χ3n) is 2.32. The molecule has 1 aromatic rings. The van der Waals surface area contributed by atoms with Crippen molar-refractivity contribution >= 4 is 5.78 Å². The Morgan fingerprint density at radius 1 is 1.21 bits per heavy atom. The molecule has 0 saturated heterocycles. The summed E-state index contributed by atoms with van der Waals surface area (Å²) in [5.74, 6) is -8.04. The van der Waals surface area contributed by atoms with Gasteiger partial charge in [0.1, 0.15) is 5.75 Å². The average Bonchev–Trinajstić information content (AvgIpc) is 2.29. The van der Waals surface area contributed by atoms with Crippen molar-refractivity contribution in [2.75, 3.05) is 6.61 Å². The first-order chi connectivity index (χ1) is 8.61. The number of benzene rings is 1. The fourth-order valence-corrected chi connectivity index (χ4v) is 1.40. The number of ketones is 1. The van der Waals surface area contributed by atoms with E-state index in [4.69, 9.17) is 4.74 Å². The molecule has 0 radical (unpaired) electrons. The number of alkyl halides is 5. The molecule has 2 nitrogen and oxygen atoms in total. The molecule has 1 aromatic carbocycles. The number of carbonyl (C=O) groups is 1. The van der Waals surface area contributed by atoms with E-state index in [1.807, 2.05) is 0 Å². The van der Waals surface area contributed by atoms with Crippen molar-refractivity contribution in [3.63, 3.8) is 0 Å². The SMILES string of the molecule is CCOc1ccc(C)cc1C(=O)C(F)(F)C(F)(F)F. The summed E-state index contributed by atoms with van der Waals surface area (Å²) in [5, 5.41) is 0. The van der Waals surface area contributed by atoms with Crippen molar-refractivity contribution in [3.05, 3.63) is 29.3 Å². The quantitative estimate of drug-likeness (QED) is 0.620. The third-order valence-corrected chi connectivity index (χ3v) is 2.32. The Morgan fingerprint density at radius 2 is 1.79 bits per heavy atom. The number of hydrogen-bond donors (Lipinski definition) is 0. The van der Waals surface area contributed by atoms with Gasteiger partial charge in [0.25, 0.3) is 0 Å². The van der Waals surface area contributed by atoms with E-state index in [-0.39, 0.29) is 12.4 Å². The van der Waals surface area contributed by atoms with E-state index >= 15 is 0 Å². The lowest BCUT2D eigenvalue weighted by molar-refractivity contribution is -0.255. The number of hydrogen-bond acceptors (Lipinski definition) is 2. The van der Waals surface area contributed by atoms with Gasteiger partial charge in [0.15, 0.2) is 0 Å². The molecular formula is C12H11F5O2. The summed E-state index contributed by atoms with van der Waals surface area (Å²) in [5.41, 5.74) is -0.394. The van der Waals surface area contributed by atoms with E-state index in [0.717, 1.165) is 6.07 Å². The highest BCUT2D eigenvalue weighted by molar-refractivity contribution is 6.04. The zero-order chi connectivity index (χ0) is 14.8. The summed E-state index contributed by atoms with van der Waals surface area (Å²) >= 11 is 0. The van der Waals surface area contributed by atoms with Gasteiger partial charge in [0.2, 0.25) is 5.78 Å². The molecule has 7 heteroatoms. The molecule has 0 saturated carbocycles. The van der Waals surface area contributed by atoms with Crippen LogP contribution >= 0.6 is 0 Å². The number of halogens is 5. The minimum absolute atomic E-state index is 0.0426. The summed E-state index contributed by atoms with van der Waals surface area (Å²) in [6.07, 6.45) is -5.93. The standard InChI is InChI=1S/C12H11F5O2/c1-3-19-9-5-4-7(2)6-8(9)10(18)11(13,14)12(15,16)17/h4-6H,3H2,1-2H3. The second-order valence-corrected chi connectivity index (χ2v) is 3.83. The van der Waals surface area contributed by atoms with Gasteiger partial charge in [-0.05, 0) is 26.0 Å². The van der Waals surface area contributed by atoms with Crippen LogP contribution in [0.25, 0.3) is 0 Å². The van der Waals surface area contributed by atoms with Crippen LogP contribution < -0.4 is 4.74 Å². The van der Waals surface area contributed by atoms with Crippen molar-refractivity contribution < 1.29 is 31.5 Å². The molecule has 0 spiro atoms. The topological polar surface area (TPSA) is 26.3 Å². The molecule has 0 aromatic heterocycles. The van der Waals surface area contributed by atoms with Crippen LogP contribution in [0.15, 0.2) is 18.2 Å². The van der Waals surface area contributed by atoms with Gasteiger partial charge in [-0.3, -0.25) is 4.79 Å². The molecule has 106 valence electrons. The maximum atomic E-state index is 13.0. The number of aryl methyl sites for hydroxylation is 1. The molecule has 19 heavy (non-hydrogen) atoms. The molecule has 0 aliphatic rings. The van der Waals surface area contributed by atoms with E-state index in [1.54, 1.807) is 0 Å². The number of ether oxygens (including phenoxy) is 1. The third kappa shape index (κ3) is 3.02. The van der Waals surface area contributed by atoms with Crippen LogP contribution in [0.5, 0.6) is 5.75 Å². The van der Waals surface area contributed by atoms with E-state index in [2.05, 4.69) is 0 Å². The van der Waals surface area contributed by atoms with Gasteiger partial charge >= 0.3 is 12.1 Å². The van der Waals surface area contributed by atoms with E-state index < -0.39 is 23.4 Å². The van der Waals surface area contributed by atoms with E-state index in [1.165, 1.54) is 26.0 Å². The fraction of sp³-hybridized carbons (Fsp3) is 0.417. The summed E-state index contributed by atoms with van der Waals surface area (Å²) in [4.78, 5) is 11.4. The van der Waals surface area contributed by atoms with Crippen LogP contribution in [0.1, 0.15) is 22.8 Å². The summed E-state index contributed by atoms with van der Waals surface area (Å²) in [6, 6.07) is 3.60. The van der Waals surface area contributed by atoms with Crippen molar-refractivity contribution in [1.82, 2.24) is 0 Å². The predicted octanol–water partition coefficient (Wildman–Crippen LogP) is 3.77. The minimum Gasteiger partial charge on any atom is -0.493 e. The van der Waals surface area contributed by atoms with Gasteiger partial charge in [-0.15, -0.1) is 0 Å². The Labute approximate surface area is 106 Å². The van der Waals surface area contributed by atoms with Gasteiger partial charge in [-0.1, -0.05) is 11.6 Å². The fourth-order valence-electron chi connectivity index (χ4n) is 1.40. The lowest BCUT2D eigenvalue weighted by Gasteiger charge is -2.19. The first kappa shape index (κ1) is 15.4. The van der Waals surface area contributed by atoms with Crippen LogP contribution in [0.2, 0.25) is 0 Å². The molecule has 0 bridgehead atoms. The van der Waals surface area contributed by atoms with Crippen LogP contribution in [0, 0.1) is 6.92 Å². The van der Waals surface area contributed by atoms with Gasteiger partial charge in [-0.25, -0.2) is 0 Å². The lowest BCUT2D eigenvalue weighted by atomic mass is 10.0. The molecule has 0 atom stereocenters. The van der Waals surface area contributed by atoms with Crippen LogP contribution in [0.3, 0.4) is 0 Å². The Hall–Kier alpha value is -1.66. The van der Waals surface area contributed by atoms with Crippen LogP contribution in [-0.2, 0) is 0 Å². The first-order valence-corrected chi connectivity index (χ1v) is 5.34. The van der Waals surface area contributed by atoms with Crippen molar-refractivity contribution in [2.45, 2.75) is 25.9 Å². The van der Waals surface area contributed by atoms with Crippen molar-refractivity contribution in [1.29, 1.82) is 0 Å². The lowest BCUT2D eigenvalue weighted by Crippen LogP contribution is -2.44. The highest BCUT2D eigenvalue weighted by Gasteiger charge is 2.63. The maximum Gasteiger partial charge on any atom is 0.461 e. The Balaban J connectivity index is 3.29. The number of rotatable bonds is 4. The highest BCUT2D eigenvalue weighted by atomic mass is 19.4. The minimum atomic E-state index is -5.93. The van der Waals surface area contributed by atoms with Gasteiger partial charge in [-0.2, -0.15) is 22.0 Å². The zero-order valence-electron chi connectivity index (χ0n) is 10.1. The van der Waals surface area contributed by atoms with E-state index in [0.29, 0.717) is 5.56 Å².